The van der Waals surface area contributed by atoms with Crippen LogP contribution >= 0.6 is 34.8 Å². The maximum Gasteiger partial charge on any atom is 3.00 e. The van der Waals surface area contributed by atoms with Crippen molar-refractivity contribution in [2.75, 3.05) is 17.6 Å². The summed E-state index contributed by atoms with van der Waals surface area (Å²) >= 11 is 15.2. The Kier molecular flexibility index (Phi) is 33.8. The molecule has 120 valence electrons. The van der Waals surface area contributed by atoms with Gasteiger partial charge in [-0.05, 0) is 18.2 Å². The molecule has 0 bridgehead atoms. The van der Waals surface area contributed by atoms with Gasteiger partial charge in [-0.25, -0.2) is 0 Å². The van der Waals surface area contributed by atoms with Gasteiger partial charge in [0.05, 0.1) is 17.9 Å². The third kappa shape index (κ3) is 50.6. The predicted molar refractivity (Wildman–Crippen MR) is 80.4 cm³/mol. The number of carboxylic acid groups (broad SMARTS) is 3. The summed E-state index contributed by atoms with van der Waals surface area (Å²) in [5.41, 5.74) is 0. The first-order valence-electron chi connectivity index (χ1n) is 5.12. The molecule has 0 aliphatic heterocycles. The van der Waals surface area contributed by atoms with Crippen LogP contribution in [0.5, 0.6) is 0 Å². The SMILES string of the molecule is O=C([O-])/C=C/CCl.O=C([O-])/C=C/CCl.O=C([O-])/C=C/CCl.[In+3]. The number of alkyl halides is 3. The summed E-state index contributed by atoms with van der Waals surface area (Å²) in [5.74, 6) is -2.97. The third-order valence-corrected chi connectivity index (χ3v) is 1.56. The number of hydrogen-bond donors (Lipinski definition) is 0. The van der Waals surface area contributed by atoms with Crippen molar-refractivity contribution in [3.8, 4) is 0 Å². The Labute approximate surface area is 161 Å². The first-order valence-corrected chi connectivity index (χ1v) is 6.72. The molecular formula is C12H12Cl3InO6. The van der Waals surface area contributed by atoms with Crippen LogP contribution in [0.3, 0.4) is 0 Å². The van der Waals surface area contributed by atoms with Crippen molar-refractivity contribution in [1.82, 2.24) is 0 Å². The molecule has 0 unspecified atom stereocenters. The van der Waals surface area contributed by atoms with Crippen LogP contribution in [-0.2, 0) is 14.4 Å². The number of aliphatic carboxylic acids is 3. The van der Waals surface area contributed by atoms with Crippen LogP contribution in [0, 0.1) is 0 Å². The first-order chi connectivity index (χ1) is 9.81. The minimum Gasteiger partial charge on any atom is -0.545 e. The molecule has 0 saturated carbocycles. The molecule has 0 heterocycles. The van der Waals surface area contributed by atoms with Crippen LogP contribution in [0.15, 0.2) is 36.5 Å². The Morgan fingerprint density at radius 2 is 0.818 bits per heavy atom. The number of carboxylic acids is 3. The van der Waals surface area contributed by atoms with E-state index in [-0.39, 0.29) is 43.5 Å². The molecule has 22 heavy (non-hydrogen) atoms. The summed E-state index contributed by atoms with van der Waals surface area (Å²) < 4.78 is 0. The third-order valence-electron chi connectivity index (χ3n) is 1.03. The van der Waals surface area contributed by atoms with Crippen molar-refractivity contribution in [3.05, 3.63) is 36.5 Å². The van der Waals surface area contributed by atoms with Gasteiger partial charge in [0.15, 0.2) is 0 Å². The monoisotopic (exact) mass is 472 g/mol. The van der Waals surface area contributed by atoms with E-state index in [9.17, 15) is 29.7 Å². The van der Waals surface area contributed by atoms with Crippen molar-refractivity contribution >= 4 is 78.6 Å². The van der Waals surface area contributed by atoms with Crippen LogP contribution in [0.25, 0.3) is 0 Å². The molecule has 0 amide bonds. The Hall–Kier alpha value is -0.630. The van der Waals surface area contributed by atoms with Gasteiger partial charge >= 0.3 is 25.8 Å². The van der Waals surface area contributed by atoms with E-state index in [1.165, 1.54) is 18.2 Å². The molecule has 0 N–H and O–H groups in total. The van der Waals surface area contributed by atoms with E-state index in [0.29, 0.717) is 0 Å². The van der Waals surface area contributed by atoms with Crippen molar-refractivity contribution in [3.63, 3.8) is 0 Å². The minimum absolute atomic E-state index is 0. The smallest absolute Gasteiger partial charge is 0.545 e. The van der Waals surface area contributed by atoms with E-state index in [2.05, 4.69) is 0 Å². The maximum atomic E-state index is 9.50. The maximum absolute atomic E-state index is 9.50. The van der Waals surface area contributed by atoms with E-state index in [1.807, 2.05) is 0 Å². The Bertz CT molecular complexity index is 326. The van der Waals surface area contributed by atoms with E-state index in [0.717, 1.165) is 18.2 Å². The molecule has 0 radical (unpaired) electrons. The van der Waals surface area contributed by atoms with E-state index >= 15 is 0 Å². The predicted octanol–water partition coefficient (Wildman–Crippen LogP) is -1.79. The van der Waals surface area contributed by atoms with Gasteiger partial charge < -0.3 is 29.7 Å². The fourth-order valence-corrected chi connectivity index (χ4v) is 0.690. The average Bonchev–Trinajstić information content (AvgIpc) is 2.41. The van der Waals surface area contributed by atoms with E-state index < -0.39 is 17.9 Å². The fraction of sp³-hybridized carbons (Fsp3) is 0.250. The number of allylic oxidation sites excluding steroid dienone is 3. The topological polar surface area (TPSA) is 120 Å². The molecule has 0 aromatic heterocycles. The van der Waals surface area contributed by atoms with Gasteiger partial charge in [0.25, 0.3) is 0 Å². The largest absolute Gasteiger partial charge is 3.00 e. The molecule has 0 rings (SSSR count). The number of carbonyl (C=O) groups is 3. The zero-order valence-corrected chi connectivity index (χ0v) is 16.8. The second-order valence-electron chi connectivity index (χ2n) is 2.63. The van der Waals surface area contributed by atoms with Crippen molar-refractivity contribution in [2.45, 2.75) is 0 Å². The molecule has 0 aliphatic rings. The molecule has 0 aliphatic carbocycles. The molecule has 0 atom stereocenters. The van der Waals surface area contributed by atoms with Gasteiger partial charge in [-0.3, -0.25) is 0 Å². The molecule has 0 aromatic carbocycles. The van der Waals surface area contributed by atoms with Crippen LogP contribution in [0.4, 0.5) is 0 Å². The van der Waals surface area contributed by atoms with Crippen LogP contribution in [0.1, 0.15) is 0 Å². The Morgan fingerprint density at radius 3 is 0.864 bits per heavy atom. The molecule has 0 aromatic rings. The summed E-state index contributed by atoms with van der Waals surface area (Å²) in [4.78, 5) is 28.5. The quantitative estimate of drug-likeness (QED) is 0.332. The molecule has 0 saturated heterocycles. The second kappa shape index (κ2) is 25.3. The van der Waals surface area contributed by atoms with Gasteiger partial charge in [0.2, 0.25) is 0 Å². The summed E-state index contributed by atoms with van der Waals surface area (Å²) in [7, 11) is 0. The number of rotatable bonds is 6. The first kappa shape index (κ1) is 29.4. The fourth-order valence-electron chi connectivity index (χ4n) is 0.422. The molecule has 0 spiro atoms. The molecule has 0 fully saturated rings. The summed E-state index contributed by atoms with van der Waals surface area (Å²) in [6.45, 7) is 0. The van der Waals surface area contributed by atoms with Crippen molar-refractivity contribution in [1.29, 1.82) is 0 Å². The van der Waals surface area contributed by atoms with E-state index in [1.54, 1.807) is 0 Å². The van der Waals surface area contributed by atoms with Gasteiger partial charge in [0.1, 0.15) is 0 Å². The van der Waals surface area contributed by atoms with Gasteiger partial charge in [0, 0.05) is 17.6 Å². The van der Waals surface area contributed by atoms with Crippen LogP contribution in [-0.4, -0.2) is 61.4 Å². The molecular weight excluding hydrogens is 461 g/mol. The summed E-state index contributed by atoms with van der Waals surface area (Å²) in [6, 6.07) is 0. The average molecular weight is 473 g/mol. The van der Waals surface area contributed by atoms with E-state index in [4.69, 9.17) is 34.8 Å². The zero-order chi connectivity index (χ0) is 17.1. The molecule has 10 heteroatoms. The summed E-state index contributed by atoms with van der Waals surface area (Å²) in [5, 5.41) is 28.5. The van der Waals surface area contributed by atoms with Gasteiger partial charge in [-0.2, -0.15) is 0 Å². The van der Waals surface area contributed by atoms with Crippen molar-refractivity contribution in [2.24, 2.45) is 0 Å². The summed E-state index contributed by atoms with van der Waals surface area (Å²) in [6.07, 6.45) is 6.59. The standard InChI is InChI=1S/3C4H5ClO2.In/c3*5-3-1-2-4(6)7;/h3*1-2H,3H2,(H,6,7);/q;;;+3/p-3/b3*2-1+;. The number of hydrogen-bond acceptors (Lipinski definition) is 6. The van der Waals surface area contributed by atoms with Crippen molar-refractivity contribution < 1.29 is 29.7 Å². The normalized spacial score (nSPS) is 9.41. The minimum atomic E-state index is -1.21. The van der Waals surface area contributed by atoms with Gasteiger partial charge in [-0.15, -0.1) is 34.8 Å². The molecule has 6 nitrogen and oxygen atoms in total. The Balaban J connectivity index is -0.000000108. The second-order valence-corrected chi connectivity index (χ2v) is 3.55. The van der Waals surface area contributed by atoms with Gasteiger partial charge in [-0.1, -0.05) is 18.2 Å². The number of carbonyl (C=O) groups excluding carboxylic acids is 3. The number of halogens is 3. The Morgan fingerprint density at radius 1 is 0.636 bits per heavy atom. The van der Waals surface area contributed by atoms with Crippen LogP contribution < -0.4 is 15.3 Å². The van der Waals surface area contributed by atoms with Crippen LogP contribution in [0.2, 0.25) is 0 Å². The zero-order valence-electron chi connectivity index (χ0n) is 11.2.